The zero-order valence-electron chi connectivity index (χ0n) is 22.1. The van der Waals surface area contributed by atoms with Crippen molar-refractivity contribution in [2.75, 3.05) is 56.2 Å². The van der Waals surface area contributed by atoms with Crippen molar-refractivity contribution in [2.45, 2.75) is 26.3 Å². The number of hydrogen-bond donors (Lipinski definition) is 1. The fourth-order valence-corrected chi connectivity index (χ4v) is 4.97. The van der Waals surface area contributed by atoms with Gasteiger partial charge in [-0.1, -0.05) is 30.7 Å². The lowest BCUT2D eigenvalue weighted by atomic mass is 10.0. The van der Waals surface area contributed by atoms with Crippen molar-refractivity contribution < 1.29 is 19.0 Å². The standard InChI is InChI=1S/C29H34ClN5O4/c1-21-5-4-10-35(18-21)29-31-16-22(17-32-29)19-34-11-12-37-13-14-38-26-6-2-3-7-27(26)39-25-9-8-23(30)15-24(25)33-28(36)20-34/h2-3,6-9,15-17,21H,4-5,10-14,18-20H2,1H3,(H,33,36). The summed E-state index contributed by atoms with van der Waals surface area (Å²) in [5, 5.41) is 3.46. The van der Waals surface area contributed by atoms with Crippen molar-refractivity contribution in [2.24, 2.45) is 5.92 Å². The molecule has 1 amide bonds. The van der Waals surface area contributed by atoms with Crippen molar-refractivity contribution in [1.82, 2.24) is 14.9 Å². The highest BCUT2D eigenvalue weighted by atomic mass is 35.5. The van der Waals surface area contributed by atoms with Gasteiger partial charge in [0.25, 0.3) is 0 Å². The summed E-state index contributed by atoms with van der Waals surface area (Å²) >= 11 is 6.26. The van der Waals surface area contributed by atoms with E-state index >= 15 is 0 Å². The smallest absolute Gasteiger partial charge is 0.238 e. The van der Waals surface area contributed by atoms with Crippen molar-refractivity contribution in [3.8, 4) is 17.2 Å². The molecule has 1 atom stereocenters. The monoisotopic (exact) mass is 551 g/mol. The first kappa shape index (κ1) is 27.2. The van der Waals surface area contributed by atoms with E-state index in [4.69, 9.17) is 25.8 Å². The van der Waals surface area contributed by atoms with Gasteiger partial charge in [-0.25, -0.2) is 9.97 Å². The Kier molecular flexibility index (Phi) is 9.13. The van der Waals surface area contributed by atoms with Gasteiger partial charge in [0, 0.05) is 49.2 Å². The molecule has 5 rings (SSSR count). The lowest BCUT2D eigenvalue weighted by Gasteiger charge is -2.30. The number of halogens is 1. The number of ether oxygens (including phenoxy) is 3. The first-order valence-corrected chi connectivity index (χ1v) is 13.8. The fraction of sp³-hybridized carbons (Fsp3) is 0.414. The molecule has 1 saturated heterocycles. The number of para-hydroxylation sites is 2. The van der Waals surface area contributed by atoms with Gasteiger partial charge in [0.2, 0.25) is 11.9 Å². The number of benzene rings is 2. The molecular formula is C29H34ClN5O4. The van der Waals surface area contributed by atoms with E-state index in [1.807, 2.05) is 41.6 Å². The van der Waals surface area contributed by atoms with E-state index in [2.05, 4.69) is 27.1 Å². The Hall–Kier alpha value is -3.40. The molecule has 2 aliphatic rings. The van der Waals surface area contributed by atoms with Crippen LogP contribution in [0.2, 0.25) is 5.02 Å². The zero-order valence-corrected chi connectivity index (χ0v) is 22.9. The Morgan fingerprint density at radius 3 is 2.67 bits per heavy atom. The average Bonchev–Trinajstić information content (AvgIpc) is 2.93. The largest absolute Gasteiger partial charge is 0.487 e. The van der Waals surface area contributed by atoms with Crippen LogP contribution in [0.5, 0.6) is 17.2 Å². The van der Waals surface area contributed by atoms with Gasteiger partial charge >= 0.3 is 0 Å². The van der Waals surface area contributed by atoms with Crippen LogP contribution in [0.3, 0.4) is 0 Å². The third-order valence-corrected chi connectivity index (χ3v) is 6.96. The van der Waals surface area contributed by atoms with Gasteiger partial charge < -0.3 is 24.4 Å². The van der Waals surface area contributed by atoms with Crippen LogP contribution in [0.1, 0.15) is 25.3 Å². The van der Waals surface area contributed by atoms with Crippen LogP contribution in [0.25, 0.3) is 0 Å². The highest BCUT2D eigenvalue weighted by Crippen LogP contribution is 2.36. The summed E-state index contributed by atoms with van der Waals surface area (Å²) in [5.74, 6) is 2.81. The Morgan fingerprint density at radius 1 is 1.03 bits per heavy atom. The Morgan fingerprint density at radius 2 is 1.85 bits per heavy atom. The maximum atomic E-state index is 13.2. The molecule has 1 fully saturated rings. The second kappa shape index (κ2) is 13.1. The molecule has 0 aliphatic carbocycles. The van der Waals surface area contributed by atoms with Crippen LogP contribution < -0.4 is 19.7 Å². The molecule has 1 N–H and O–H groups in total. The average molecular weight is 552 g/mol. The normalized spacial score (nSPS) is 19.4. The molecule has 1 unspecified atom stereocenters. The lowest BCUT2D eigenvalue weighted by molar-refractivity contribution is -0.117. The number of hydrogen-bond acceptors (Lipinski definition) is 8. The second-order valence-electron chi connectivity index (χ2n) is 9.99. The third kappa shape index (κ3) is 7.59. The predicted molar refractivity (Wildman–Crippen MR) is 151 cm³/mol. The fourth-order valence-electron chi connectivity index (χ4n) is 4.80. The van der Waals surface area contributed by atoms with Crippen LogP contribution >= 0.6 is 11.6 Å². The first-order valence-electron chi connectivity index (χ1n) is 13.4. The van der Waals surface area contributed by atoms with Crippen molar-refractivity contribution >= 4 is 29.1 Å². The summed E-state index contributed by atoms with van der Waals surface area (Å²) in [5.41, 5.74) is 1.41. The summed E-state index contributed by atoms with van der Waals surface area (Å²) in [6.45, 7) is 6.66. The molecule has 0 saturated carbocycles. The third-order valence-electron chi connectivity index (χ3n) is 6.73. The molecular weight excluding hydrogens is 518 g/mol. The minimum absolute atomic E-state index is 0.147. The highest BCUT2D eigenvalue weighted by Gasteiger charge is 2.20. The van der Waals surface area contributed by atoms with E-state index in [0.717, 1.165) is 31.0 Å². The summed E-state index contributed by atoms with van der Waals surface area (Å²) in [4.78, 5) is 26.7. The summed E-state index contributed by atoms with van der Waals surface area (Å²) in [7, 11) is 0. The van der Waals surface area contributed by atoms with E-state index < -0.39 is 0 Å². The zero-order chi connectivity index (χ0) is 27.0. The molecule has 39 heavy (non-hydrogen) atoms. The van der Waals surface area contributed by atoms with Crippen LogP contribution in [0.4, 0.5) is 11.6 Å². The van der Waals surface area contributed by atoms with Gasteiger partial charge in [0.1, 0.15) is 6.61 Å². The molecule has 0 radical (unpaired) electrons. The molecule has 3 heterocycles. The van der Waals surface area contributed by atoms with Gasteiger partial charge in [0.05, 0.1) is 25.4 Å². The number of anilines is 2. The lowest BCUT2D eigenvalue weighted by Crippen LogP contribution is -2.36. The van der Waals surface area contributed by atoms with Gasteiger partial charge in [-0.3, -0.25) is 9.69 Å². The minimum Gasteiger partial charge on any atom is -0.487 e. The number of aromatic nitrogens is 2. The first-order chi connectivity index (χ1) is 19.0. The second-order valence-corrected chi connectivity index (χ2v) is 10.4. The quantitative estimate of drug-likeness (QED) is 0.486. The van der Waals surface area contributed by atoms with Crippen molar-refractivity contribution in [3.63, 3.8) is 0 Å². The number of nitrogens with zero attached hydrogens (tertiary/aromatic N) is 4. The van der Waals surface area contributed by atoms with Crippen LogP contribution in [-0.4, -0.2) is 66.8 Å². The van der Waals surface area contributed by atoms with Gasteiger partial charge in [-0.05, 0) is 49.1 Å². The maximum absolute atomic E-state index is 13.2. The summed E-state index contributed by atoms with van der Waals surface area (Å²) in [6.07, 6.45) is 6.11. The van der Waals surface area contributed by atoms with E-state index in [9.17, 15) is 4.79 Å². The Labute approximate surface area is 234 Å². The van der Waals surface area contributed by atoms with E-state index in [-0.39, 0.29) is 12.5 Å². The van der Waals surface area contributed by atoms with Gasteiger partial charge in [0.15, 0.2) is 17.2 Å². The number of rotatable bonds is 3. The molecule has 206 valence electrons. The number of carbonyl (C=O) groups is 1. The van der Waals surface area contributed by atoms with Crippen LogP contribution in [-0.2, 0) is 16.1 Å². The number of carbonyl (C=O) groups excluding carboxylic acids is 1. The maximum Gasteiger partial charge on any atom is 0.238 e. The number of nitrogens with one attached hydrogen (secondary N) is 1. The predicted octanol–water partition coefficient (Wildman–Crippen LogP) is 5.01. The molecule has 3 aromatic rings. The highest BCUT2D eigenvalue weighted by molar-refractivity contribution is 6.31. The Bertz CT molecular complexity index is 1260. The van der Waals surface area contributed by atoms with Crippen LogP contribution in [0.15, 0.2) is 54.9 Å². The van der Waals surface area contributed by atoms with Gasteiger partial charge in [-0.2, -0.15) is 0 Å². The number of piperidine rings is 1. The molecule has 1 aromatic heterocycles. The van der Waals surface area contributed by atoms with E-state index in [1.54, 1.807) is 18.2 Å². The number of fused-ring (bicyclic) bond motifs is 2. The van der Waals surface area contributed by atoms with Gasteiger partial charge in [-0.15, -0.1) is 0 Å². The Balaban J connectivity index is 1.31. The molecule has 10 heteroatoms. The molecule has 0 bridgehead atoms. The summed E-state index contributed by atoms with van der Waals surface area (Å²) in [6, 6.07) is 12.5. The number of amides is 1. The van der Waals surface area contributed by atoms with Crippen LogP contribution in [0, 0.1) is 5.92 Å². The molecule has 2 aliphatic heterocycles. The molecule has 0 spiro atoms. The molecule has 9 nitrogen and oxygen atoms in total. The SMILES string of the molecule is CC1CCCN(c2ncc(CN3CCOCCOc4ccccc4Oc4ccc(Cl)cc4NC(=O)C3)cn2)C1. The topological polar surface area (TPSA) is 89.0 Å². The summed E-state index contributed by atoms with van der Waals surface area (Å²) < 4.78 is 17.9. The van der Waals surface area contributed by atoms with E-state index in [1.165, 1.54) is 6.42 Å². The van der Waals surface area contributed by atoms with Crippen molar-refractivity contribution in [1.29, 1.82) is 0 Å². The van der Waals surface area contributed by atoms with Crippen molar-refractivity contribution in [3.05, 3.63) is 65.4 Å². The minimum atomic E-state index is -0.193. The van der Waals surface area contributed by atoms with E-state index in [0.29, 0.717) is 66.8 Å². The molecule has 2 aromatic carbocycles.